The minimum atomic E-state index is -3.41. The Balaban J connectivity index is 1.83. The molecule has 1 atom stereocenters. The van der Waals surface area contributed by atoms with Gasteiger partial charge in [0.2, 0.25) is 0 Å². The fourth-order valence-electron chi connectivity index (χ4n) is 3.64. The van der Waals surface area contributed by atoms with Crippen LogP contribution in [0.1, 0.15) is 33.5 Å². The predicted octanol–water partition coefficient (Wildman–Crippen LogP) is 3.30. The van der Waals surface area contributed by atoms with Gasteiger partial charge in [-0.2, -0.15) is 0 Å². The second-order valence-corrected chi connectivity index (χ2v) is 9.02. The van der Waals surface area contributed by atoms with Crippen LogP contribution in [0.15, 0.2) is 47.4 Å². The molecule has 1 heterocycles. The van der Waals surface area contributed by atoms with Crippen molar-refractivity contribution in [2.75, 3.05) is 13.1 Å². The van der Waals surface area contributed by atoms with Crippen LogP contribution in [0.3, 0.4) is 0 Å². The minimum Gasteiger partial charge on any atom is -0.337 e. The van der Waals surface area contributed by atoms with Gasteiger partial charge in [0.25, 0.3) is 5.91 Å². The monoisotopic (exact) mass is 357 g/mol. The number of sulfone groups is 1. The number of benzene rings is 2. The smallest absolute Gasteiger partial charge is 0.254 e. The summed E-state index contributed by atoms with van der Waals surface area (Å²) in [5, 5.41) is -0.537. The number of hydrogen-bond donors (Lipinski definition) is 0. The molecule has 0 bridgehead atoms. The highest BCUT2D eigenvalue weighted by molar-refractivity contribution is 7.92. The number of likely N-dealkylation sites (tertiary alicyclic amines) is 1. The zero-order valence-electron chi connectivity index (χ0n) is 14.8. The van der Waals surface area contributed by atoms with Gasteiger partial charge in [0.1, 0.15) is 0 Å². The van der Waals surface area contributed by atoms with Gasteiger partial charge in [0.05, 0.1) is 10.1 Å². The van der Waals surface area contributed by atoms with Crippen molar-refractivity contribution >= 4 is 15.7 Å². The van der Waals surface area contributed by atoms with E-state index in [4.69, 9.17) is 0 Å². The molecule has 1 unspecified atom stereocenters. The van der Waals surface area contributed by atoms with Crippen LogP contribution in [-0.2, 0) is 9.84 Å². The Morgan fingerprint density at radius 1 is 1.04 bits per heavy atom. The lowest BCUT2D eigenvalue weighted by Gasteiger charge is -2.20. The van der Waals surface area contributed by atoms with E-state index in [1.54, 1.807) is 35.2 Å². The summed E-state index contributed by atoms with van der Waals surface area (Å²) in [5.74, 6) is -0.0687. The first-order chi connectivity index (χ1) is 11.8. The van der Waals surface area contributed by atoms with Gasteiger partial charge in [0, 0.05) is 18.7 Å². The van der Waals surface area contributed by atoms with Gasteiger partial charge in [0.15, 0.2) is 9.84 Å². The van der Waals surface area contributed by atoms with E-state index in [1.807, 2.05) is 32.9 Å². The van der Waals surface area contributed by atoms with Crippen molar-refractivity contribution in [3.8, 4) is 0 Å². The van der Waals surface area contributed by atoms with Crippen LogP contribution in [-0.4, -0.2) is 37.6 Å². The highest BCUT2D eigenvalue weighted by atomic mass is 32.2. The summed E-state index contributed by atoms with van der Waals surface area (Å²) in [6, 6.07) is 12.5. The quantitative estimate of drug-likeness (QED) is 0.847. The summed E-state index contributed by atoms with van der Waals surface area (Å²) in [4.78, 5) is 14.9. The second kappa shape index (κ2) is 6.64. The Morgan fingerprint density at radius 2 is 1.64 bits per heavy atom. The van der Waals surface area contributed by atoms with Crippen LogP contribution in [0, 0.1) is 20.8 Å². The Labute approximate surface area is 149 Å². The van der Waals surface area contributed by atoms with Crippen molar-refractivity contribution in [3.63, 3.8) is 0 Å². The molecule has 2 aromatic carbocycles. The normalized spacial score (nSPS) is 17.7. The van der Waals surface area contributed by atoms with E-state index in [2.05, 4.69) is 0 Å². The number of nitrogens with zero attached hydrogens (tertiary/aromatic N) is 1. The molecule has 0 aromatic heterocycles. The zero-order valence-corrected chi connectivity index (χ0v) is 15.6. The van der Waals surface area contributed by atoms with Crippen LogP contribution >= 0.6 is 0 Å². The van der Waals surface area contributed by atoms with E-state index >= 15 is 0 Å². The van der Waals surface area contributed by atoms with E-state index in [-0.39, 0.29) is 12.5 Å². The van der Waals surface area contributed by atoms with Crippen molar-refractivity contribution in [3.05, 3.63) is 64.7 Å². The number of rotatable bonds is 3. The van der Waals surface area contributed by atoms with Gasteiger partial charge < -0.3 is 4.90 Å². The molecule has 4 nitrogen and oxygen atoms in total. The highest BCUT2D eigenvalue weighted by Gasteiger charge is 2.36. The third-order valence-electron chi connectivity index (χ3n) is 4.83. The van der Waals surface area contributed by atoms with Gasteiger partial charge in [-0.1, -0.05) is 35.9 Å². The Hall–Kier alpha value is -2.14. The van der Waals surface area contributed by atoms with Crippen LogP contribution in [0.2, 0.25) is 0 Å². The first-order valence-corrected chi connectivity index (χ1v) is 10.0. The van der Waals surface area contributed by atoms with Crippen molar-refractivity contribution in [2.45, 2.75) is 37.3 Å². The van der Waals surface area contributed by atoms with Crippen molar-refractivity contribution in [2.24, 2.45) is 0 Å². The van der Waals surface area contributed by atoms with Crippen molar-refractivity contribution in [1.29, 1.82) is 0 Å². The summed E-state index contributed by atoms with van der Waals surface area (Å²) in [5.41, 5.74) is 3.70. The van der Waals surface area contributed by atoms with Gasteiger partial charge >= 0.3 is 0 Å². The molecule has 1 aliphatic heterocycles. The summed E-state index contributed by atoms with van der Waals surface area (Å²) in [6.07, 6.45) is 0.479. The minimum absolute atomic E-state index is 0.0687. The SMILES string of the molecule is Cc1cc(C)c(C(=O)N2CCC(S(=O)(=O)c3ccccc3)C2)c(C)c1. The second-order valence-electron chi connectivity index (χ2n) is 6.79. The number of carbonyl (C=O) groups excluding carboxylic acids is 1. The number of carbonyl (C=O) groups is 1. The van der Waals surface area contributed by atoms with Gasteiger partial charge in [-0.25, -0.2) is 8.42 Å². The van der Waals surface area contributed by atoms with Crippen LogP contribution in [0.5, 0.6) is 0 Å². The molecule has 132 valence electrons. The fourth-order valence-corrected chi connectivity index (χ4v) is 5.36. The first-order valence-electron chi connectivity index (χ1n) is 8.47. The molecule has 25 heavy (non-hydrogen) atoms. The van der Waals surface area contributed by atoms with Crippen LogP contribution in [0.4, 0.5) is 0 Å². The maximum atomic E-state index is 12.9. The zero-order chi connectivity index (χ0) is 18.2. The Morgan fingerprint density at radius 3 is 2.24 bits per heavy atom. The van der Waals surface area contributed by atoms with Crippen LogP contribution < -0.4 is 0 Å². The molecule has 5 heteroatoms. The molecule has 0 N–H and O–H groups in total. The van der Waals surface area contributed by atoms with Gasteiger partial charge in [-0.15, -0.1) is 0 Å². The van der Waals surface area contributed by atoms with E-state index in [1.165, 1.54) is 0 Å². The van der Waals surface area contributed by atoms with Gasteiger partial charge in [-0.3, -0.25) is 4.79 Å². The number of amides is 1. The van der Waals surface area contributed by atoms with E-state index < -0.39 is 15.1 Å². The standard InChI is InChI=1S/C20H23NO3S/c1-14-11-15(2)19(16(3)12-14)20(22)21-10-9-18(13-21)25(23,24)17-7-5-4-6-8-17/h4-8,11-12,18H,9-10,13H2,1-3H3. The molecule has 1 saturated heterocycles. The average molecular weight is 357 g/mol. The summed E-state index contributed by atoms with van der Waals surface area (Å²) >= 11 is 0. The molecule has 1 fully saturated rings. The lowest BCUT2D eigenvalue weighted by Crippen LogP contribution is -2.32. The predicted molar refractivity (Wildman–Crippen MR) is 98.6 cm³/mol. The lowest BCUT2D eigenvalue weighted by atomic mass is 9.99. The molecular weight excluding hydrogens is 334 g/mol. The summed E-state index contributed by atoms with van der Waals surface area (Å²) in [7, 11) is -3.41. The van der Waals surface area contributed by atoms with Gasteiger partial charge in [-0.05, 0) is 50.5 Å². The molecular formula is C20H23NO3S. The Bertz CT molecular complexity index is 881. The third-order valence-corrected chi connectivity index (χ3v) is 7.03. The maximum absolute atomic E-state index is 12.9. The molecule has 1 amide bonds. The largest absolute Gasteiger partial charge is 0.337 e. The molecule has 0 aliphatic carbocycles. The topological polar surface area (TPSA) is 54.5 Å². The molecule has 0 radical (unpaired) electrons. The van der Waals surface area contributed by atoms with Crippen molar-refractivity contribution in [1.82, 2.24) is 4.90 Å². The van der Waals surface area contributed by atoms with Crippen molar-refractivity contribution < 1.29 is 13.2 Å². The number of aryl methyl sites for hydroxylation is 3. The molecule has 1 aliphatic rings. The number of hydrogen-bond acceptors (Lipinski definition) is 3. The Kier molecular flexibility index (Phi) is 4.69. The van der Waals surface area contributed by atoms with E-state index in [0.29, 0.717) is 23.4 Å². The molecule has 2 aromatic rings. The van der Waals surface area contributed by atoms with E-state index in [9.17, 15) is 13.2 Å². The third kappa shape index (κ3) is 3.33. The highest BCUT2D eigenvalue weighted by Crippen LogP contribution is 2.26. The lowest BCUT2D eigenvalue weighted by molar-refractivity contribution is 0.0791. The maximum Gasteiger partial charge on any atom is 0.254 e. The summed E-state index contributed by atoms with van der Waals surface area (Å²) in [6.45, 7) is 6.60. The first kappa shape index (κ1) is 17.7. The molecule has 3 rings (SSSR count). The van der Waals surface area contributed by atoms with Crippen LogP contribution in [0.25, 0.3) is 0 Å². The fraction of sp³-hybridized carbons (Fsp3) is 0.350. The average Bonchev–Trinajstić information content (AvgIpc) is 3.05. The molecule has 0 saturated carbocycles. The molecule has 0 spiro atoms. The summed E-state index contributed by atoms with van der Waals surface area (Å²) < 4.78 is 25.6. The van der Waals surface area contributed by atoms with E-state index in [0.717, 1.165) is 16.7 Å².